The second-order valence-electron chi connectivity index (χ2n) is 7.90. The highest BCUT2D eigenvalue weighted by Crippen LogP contribution is 2.30. The second-order valence-corrected chi connectivity index (χ2v) is 9.28. The number of benzene rings is 2. The zero-order valence-corrected chi connectivity index (χ0v) is 20.0. The summed E-state index contributed by atoms with van der Waals surface area (Å²) >= 11 is 7.44. The van der Waals surface area contributed by atoms with Crippen molar-refractivity contribution >= 4 is 40.6 Å². The number of hydrogen-bond donors (Lipinski definition) is 1. The van der Waals surface area contributed by atoms with Crippen LogP contribution >= 0.6 is 23.4 Å². The number of rotatable bonds is 7. The van der Waals surface area contributed by atoms with Crippen molar-refractivity contribution in [1.82, 2.24) is 19.7 Å². The van der Waals surface area contributed by atoms with E-state index in [1.165, 1.54) is 24.6 Å². The molecule has 0 saturated carbocycles. The van der Waals surface area contributed by atoms with Crippen molar-refractivity contribution in [3.8, 4) is 17.1 Å². The molecule has 0 spiro atoms. The average molecular weight is 491 g/mol. The van der Waals surface area contributed by atoms with Crippen molar-refractivity contribution < 1.29 is 4.79 Å². The molecule has 4 aromatic rings. The fourth-order valence-corrected chi connectivity index (χ4v) is 4.88. The third-order valence-corrected chi connectivity index (χ3v) is 6.79. The molecule has 5 rings (SSSR count). The van der Waals surface area contributed by atoms with Gasteiger partial charge in [0.2, 0.25) is 5.91 Å². The Kier molecular flexibility index (Phi) is 6.78. The number of aromatic nitrogens is 4. The maximum Gasteiger partial charge on any atom is 0.234 e. The van der Waals surface area contributed by atoms with Gasteiger partial charge in [-0.15, -0.1) is 10.2 Å². The topological polar surface area (TPSA) is 75.9 Å². The minimum Gasteiger partial charge on any atom is -0.370 e. The molecule has 0 aliphatic carbocycles. The van der Waals surface area contributed by atoms with Gasteiger partial charge in [0.15, 0.2) is 11.0 Å². The quantitative estimate of drug-likeness (QED) is 0.354. The summed E-state index contributed by atoms with van der Waals surface area (Å²) in [4.78, 5) is 19.3. The monoisotopic (exact) mass is 490 g/mol. The molecule has 3 heterocycles. The van der Waals surface area contributed by atoms with E-state index in [1.54, 1.807) is 12.4 Å². The molecule has 34 heavy (non-hydrogen) atoms. The first-order chi connectivity index (χ1) is 16.7. The number of carbonyl (C=O) groups excluding carboxylic acids is 1. The van der Waals surface area contributed by atoms with Crippen LogP contribution in [0, 0.1) is 0 Å². The molecule has 1 N–H and O–H groups in total. The van der Waals surface area contributed by atoms with Gasteiger partial charge in [0.25, 0.3) is 0 Å². The highest BCUT2D eigenvalue weighted by atomic mass is 35.5. The van der Waals surface area contributed by atoms with E-state index in [0.717, 1.165) is 35.7 Å². The average Bonchev–Trinajstić information content (AvgIpc) is 3.55. The molecule has 2 aromatic carbocycles. The van der Waals surface area contributed by atoms with Crippen LogP contribution in [0.4, 0.5) is 11.4 Å². The molecule has 1 aliphatic rings. The number of carbonyl (C=O) groups is 1. The number of hydrogen-bond acceptors (Lipinski definition) is 6. The van der Waals surface area contributed by atoms with Crippen LogP contribution in [-0.4, -0.2) is 44.5 Å². The molecule has 1 fully saturated rings. The van der Waals surface area contributed by atoms with Crippen molar-refractivity contribution in [3.63, 3.8) is 0 Å². The molecular formula is C25H23ClN6OS. The largest absolute Gasteiger partial charge is 0.370 e. The molecule has 9 heteroatoms. The van der Waals surface area contributed by atoms with E-state index in [4.69, 9.17) is 11.6 Å². The Morgan fingerprint density at radius 2 is 1.71 bits per heavy atom. The number of pyridine rings is 1. The molecule has 2 aromatic heterocycles. The summed E-state index contributed by atoms with van der Waals surface area (Å²) in [6, 6.07) is 19.2. The van der Waals surface area contributed by atoms with E-state index in [-0.39, 0.29) is 11.7 Å². The number of halogens is 1. The van der Waals surface area contributed by atoms with Gasteiger partial charge in [-0.25, -0.2) is 0 Å². The van der Waals surface area contributed by atoms with Crippen molar-refractivity contribution in [3.05, 3.63) is 78.1 Å². The molecule has 1 aliphatic heterocycles. The Hall–Kier alpha value is -3.36. The molecule has 0 atom stereocenters. The summed E-state index contributed by atoms with van der Waals surface area (Å²) in [5.74, 6) is 0.788. The summed E-state index contributed by atoms with van der Waals surface area (Å²) in [6.07, 6.45) is 5.79. The van der Waals surface area contributed by atoms with Gasteiger partial charge in [-0.3, -0.25) is 14.3 Å². The van der Waals surface area contributed by atoms with Gasteiger partial charge in [-0.1, -0.05) is 35.5 Å². The van der Waals surface area contributed by atoms with E-state index in [0.29, 0.717) is 16.0 Å². The molecule has 0 bridgehead atoms. The standard InChI is InChI=1S/C25H23ClN6OS/c26-19-7-9-20(10-8-19)32-24(18-11-13-27-14-12-18)29-30-25(32)34-17-23(33)28-21-5-1-2-6-22(21)31-15-3-4-16-31/h1-2,5-14H,3-4,15-17H2,(H,28,33). The van der Waals surface area contributed by atoms with Crippen LogP contribution < -0.4 is 10.2 Å². The SMILES string of the molecule is O=C(CSc1nnc(-c2ccncc2)n1-c1ccc(Cl)cc1)Nc1ccccc1N1CCCC1. The Balaban J connectivity index is 1.36. The van der Waals surface area contributed by atoms with Crippen LogP contribution in [0.25, 0.3) is 17.1 Å². The zero-order valence-electron chi connectivity index (χ0n) is 18.4. The molecule has 0 radical (unpaired) electrons. The highest BCUT2D eigenvalue weighted by Gasteiger charge is 2.19. The smallest absolute Gasteiger partial charge is 0.234 e. The lowest BCUT2D eigenvalue weighted by atomic mass is 10.2. The van der Waals surface area contributed by atoms with E-state index >= 15 is 0 Å². The summed E-state index contributed by atoms with van der Waals surface area (Å²) in [5, 5.41) is 13.1. The Labute approximate surface area is 207 Å². The van der Waals surface area contributed by atoms with Crippen LogP contribution in [0.3, 0.4) is 0 Å². The van der Waals surface area contributed by atoms with E-state index < -0.39 is 0 Å². The minimum atomic E-state index is -0.0900. The van der Waals surface area contributed by atoms with Crippen LogP contribution in [-0.2, 0) is 4.79 Å². The van der Waals surface area contributed by atoms with Crippen LogP contribution in [0.15, 0.2) is 78.2 Å². The van der Waals surface area contributed by atoms with Crippen molar-refractivity contribution in [2.75, 3.05) is 29.1 Å². The lowest BCUT2D eigenvalue weighted by Crippen LogP contribution is -2.21. The lowest BCUT2D eigenvalue weighted by Gasteiger charge is -2.21. The molecule has 0 unspecified atom stereocenters. The second kappa shape index (κ2) is 10.3. The first kappa shape index (κ1) is 22.4. The maximum absolute atomic E-state index is 12.9. The van der Waals surface area contributed by atoms with Gasteiger partial charge < -0.3 is 10.2 Å². The van der Waals surface area contributed by atoms with Crippen LogP contribution in [0.2, 0.25) is 5.02 Å². The van der Waals surface area contributed by atoms with Crippen LogP contribution in [0.5, 0.6) is 0 Å². The normalized spacial score (nSPS) is 13.3. The van der Waals surface area contributed by atoms with Crippen molar-refractivity contribution in [1.29, 1.82) is 0 Å². The number of anilines is 2. The number of thioether (sulfide) groups is 1. The van der Waals surface area contributed by atoms with E-state index in [9.17, 15) is 4.79 Å². The van der Waals surface area contributed by atoms with Crippen molar-refractivity contribution in [2.24, 2.45) is 0 Å². The molecule has 1 amide bonds. The molecule has 1 saturated heterocycles. The zero-order chi connectivity index (χ0) is 23.3. The van der Waals surface area contributed by atoms with Gasteiger partial charge in [-0.05, 0) is 61.4 Å². The van der Waals surface area contributed by atoms with Gasteiger partial charge in [0, 0.05) is 41.8 Å². The van der Waals surface area contributed by atoms with Gasteiger partial charge in [-0.2, -0.15) is 0 Å². The third kappa shape index (κ3) is 4.93. The first-order valence-corrected chi connectivity index (χ1v) is 12.4. The maximum atomic E-state index is 12.9. The first-order valence-electron chi connectivity index (χ1n) is 11.1. The number of nitrogens with zero attached hydrogens (tertiary/aromatic N) is 5. The van der Waals surface area contributed by atoms with Crippen LogP contribution in [0.1, 0.15) is 12.8 Å². The highest BCUT2D eigenvalue weighted by molar-refractivity contribution is 7.99. The molecular weight excluding hydrogens is 468 g/mol. The fourth-order valence-electron chi connectivity index (χ4n) is 4.00. The predicted octanol–water partition coefficient (Wildman–Crippen LogP) is 5.31. The summed E-state index contributed by atoms with van der Waals surface area (Å²) in [5.41, 5.74) is 3.66. The number of nitrogens with one attached hydrogen (secondary N) is 1. The minimum absolute atomic E-state index is 0.0900. The Bertz CT molecular complexity index is 1270. The lowest BCUT2D eigenvalue weighted by molar-refractivity contribution is -0.113. The van der Waals surface area contributed by atoms with Gasteiger partial charge >= 0.3 is 0 Å². The van der Waals surface area contributed by atoms with E-state index in [2.05, 4.69) is 31.5 Å². The Morgan fingerprint density at radius 1 is 0.971 bits per heavy atom. The van der Waals surface area contributed by atoms with Gasteiger partial charge in [0.05, 0.1) is 17.1 Å². The summed E-state index contributed by atoms with van der Waals surface area (Å²) < 4.78 is 1.93. The molecule has 172 valence electrons. The Morgan fingerprint density at radius 3 is 2.47 bits per heavy atom. The third-order valence-electron chi connectivity index (χ3n) is 5.61. The number of amides is 1. The van der Waals surface area contributed by atoms with Crippen molar-refractivity contribution in [2.45, 2.75) is 18.0 Å². The van der Waals surface area contributed by atoms with Gasteiger partial charge in [0.1, 0.15) is 0 Å². The number of para-hydroxylation sites is 2. The summed E-state index contributed by atoms with van der Waals surface area (Å²) in [6.45, 7) is 2.03. The fraction of sp³-hybridized carbons (Fsp3) is 0.200. The van der Waals surface area contributed by atoms with E-state index in [1.807, 2.05) is 59.2 Å². The molecule has 7 nitrogen and oxygen atoms in total. The predicted molar refractivity (Wildman–Crippen MR) is 137 cm³/mol. The summed E-state index contributed by atoms with van der Waals surface area (Å²) in [7, 11) is 0.